The number of hydrogen-bond acceptors (Lipinski definition) is 6. The summed E-state index contributed by atoms with van der Waals surface area (Å²) < 4.78 is 1.75. The Kier molecular flexibility index (Phi) is 22.1. The van der Waals surface area contributed by atoms with Crippen molar-refractivity contribution in [2.75, 3.05) is 0 Å². The molecule has 0 spiro atoms. The van der Waals surface area contributed by atoms with Crippen LogP contribution in [0.5, 0.6) is 0 Å². The minimum Gasteiger partial charge on any atom is -0.789 e. The molecule has 0 amide bonds. The van der Waals surface area contributed by atoms with Crippen LogP contribution in [0, 0.1) is 0 Å². The summed E-state index contributed by atoms with van der Waals surface area (Å²) in [7, 11) is 0. The Balaban J connectivity index is 0. The number of unbranched alkanes of at least 4 members (excludes halogenated alkanes) is 2. The van der Waals surface area contributed by atoms with E-state index in [1.54, 1.807) is 28.9 Å². The molecule has 0 heterocycles. The fraction of sp³-hybridized carbons (Fsp3) is 0.583. The molecular weight excluding hydrogens is 539 g/mol. The summed E-state index contributed by atoms with van der Waals surface area (Å²) >= 11 is 24.1. The zero-order chi connectivity index (χ0) is 23.1. The van der Waals surface area contributed by atoms with Crippen LogP contribution in [0.4, 0.5) is 0 Å². The predicted octanol–water partition coefficient (Wildman–Crippen LogP) is 8.25. The summed E-state index contributed by atoms with van der Waals surface area (Å²) in [5.74, 6) is 0. The molecule has 1 rings (SSSR count). The van der Waals surface area contributed by atoms with Gasteiger partial charge in [-0.05, 0) is 42.4 Å². The van der Waals surface area contributed by atoms with Crippen molar-refractivity contribution in [3.63, 3.8) is 0 Å². The molecule has 182 valence electrons. The Morgan fingerprint density at radius 3 is 1.77 bits per heavy atom. The smallest absolute Gasteiger partial charge is 0.00166 e. The Morgan fingerprint density at radius 2 is 1.35 bits per heavy atom. The largest absolute Gasteiger partial charge is 0.789 e. The second kappa shape index (κ2) is 20.2. The molecule has 1 aromatic carbocycles. The molecule has 0 aliphatic carbocycles. The molecule has 0 fully saturated rings. The number of hydrogen-bond donors (Lipinski definition) is 0. The van der Waals surface area contributed by atoms with Gasteiger partial charge in [-0.25, -0.2) is 5.41 Å². The van der Waals surface area contributed by atoms with Crippen LogP contribution >= 0.6 is 23.5 Å². The summed E-state index contributed by atoms with van der Waals surface area (Å²) in [6.45, 7) is 12.9. The summed E-state index contributed by atoms with van der Waals surface area (Å²) in [4.78, 5) is 0.814. The molecule has 0 nitrogen and oxygen atoms in total. The first-order valence-electron chi connectivity index (χ1n) is 10.7. The first-order valence-corrected chi connectivity index (χ1v) is 14.1. The van der Waals surface area contributed by atoms with Gasteiger partial charge in [-0.3, -0.25) is 0 Å². The Bertz CT molecular complexity index is 650. The Morgan fingerprint density at radius 1 is 0.871 bits per heavy atom. The average Bonchev–Trinajstić information content (AvgIpc) is 2.69. The van der Waals surface area contributed by atoms with Gasteiger partial charge in [-0.2, -0.15) is 36.9 Å². The van der Waals surface area contributed by atoms with Crippen molar-refractivity contribution in [3.05, 3.63) is 48.8 Å². The zero-order valence-electron chi connectivity index (χ0n) is 19.5. The van der Waals surface area contributed by atoms with Gasteiger partial charge in [0.2, 0.25) is 0 Å². The fourth-order valence-corrected chi connectivity index (χ4v) is 5.66. The summed E-state index contributed by atoms with van der Waals surface area (Å²) in [5.41, 5.74) is 3.91. The SMILES string of the molecule is CC(C)S/C([S-])=C(/[S-])SC(C)C.CCCCc1ccc(CCCC)c(/C([S-])=C/[S-])c1.[Ni]. The van der Waals surface area contributed by atoms with Crippen LogP contribution in [0.2, 0.25) is 0 Å². The molecule has 1 aromatic rings. The molecule has 0 bridgehead atoms. The molecule has 0 radical (unpaired) electrons. The van der Waals surface area contributed by atoms with Crippen molar-refractivity contribution in [1.82, 2.24) is 0 Å². The van der Waals surface area contributed by atoms with Gasteiger partial charge in [0.15, 0.2) is 0 Å². The molecule has 7 heteroatoms. The topological polar surface area (TPSA) is 0 Å². The number of aryl methyl sites for hydroxylation is 2. The summed E-state index contributed by atoms with van der Waals surface area (Å²) in [6.07, 6.45) is 7.12. The minimum absolute atomic E-state index is 0. The van der Waals surface area contributed by atoms with E-state index in [0.717, 1.165) is 26.2 Å². The fourth-order valence-electron chi connectivity index (χ4n) is 2.56. The van der Waals surface area contributed by atoms with E-state index in [9.17, 15) is 0 Å². The number of benzene rings is 1. The zero-order valence-corrected chi connectivity index (χ0v) is 25.4. The molecule has 0 aliphatic rings. The molecule has 0 N–H and O–H groups in total. The van der Waals surface area contributed by atoms with Gasteiger partial charge in [0.05, 0.1) is 0 Å². The second-order valence-corrected chi connectivity index (χ2v) is 12.8. The maximum Gasteiger partial charge on any atom is 0.00166 e. The third-order valence-electron chi connectivity index (χ3n) is 4.02. The van der Waals surface area contributed by atoms with Crippen LogP contribution in [0.3, 0.4) is 0 Å². The van der Waals surface area contributed by atoms with Crippen molar-refractivity contribution in [2.45, 2.75) is 90.6 Å². The monoisotopic (exact) mass is 574 g/mol. The van der Waals surface area contributed by atoms with E-state index < -0.39 is 0 Å². The minimum atomic E-state index is 0. The molecule has 0 unspecified atom stereocenters. The van der Waals surface area contributed by atoms with Crippen molar-refractivity contribution in [2.24, 2.45) is 0 Å². The van der Waals surface area contributed by atoms with E-state index in [-0.39, 0.29) is 16.5 Å². The van der Waals surface area contributed by atoms with Crippen LogP contribution in [0.1, 0.15) is 83.9 Å². The predicted molar refractivity (Wildman–Crippen MR) is 154 cm³/mol. The third kappa shape index (κ3) is 16.1. The normalized spacial score (nSPS) is 12.2. The van der Waals surface area contributed by atoms with E-state index in [4.69, 9.17) is 50.5 Å². The molecule has 31 heavy (non-hydrogen) atoms. The average molecular weight is 576 g/mol. The summed E-state index contributed by atoms with van der Waals surface area (Å²) in [6, 6.07) is 6.73. The molecule has 0 atom stereocenters. The first-order chi connectivity index (χ1) is 14.2. The number of thioether (sulfide) groups is 2. The van der Waals surface area contributed by atoms with E-state index in [2.05, 4.69) is 59.7 Å². The van der Waals surface area contributed by atoms with E-state index in [1.165, 1.54) is 42.4 Å². The maximum absolute atomic E-state index is 5.37. The van der Waals surface area contributed by atoms with Crippen LogP contribution in [0.15, 0.2) is 32.1 Å². The van der Waals surface area contributed by atoms with Crippen molar-refractivity contribution in [1.29, 1.82) is 0 Å². The Labute approximate surface area is 233 Å². The van der Waals surface area contributed by atoms with Crippen LogP contribution in [-0.4, -0.2) is 10.5 Å². The second-order valence-electron chi connectivity index (χ2n) is 7.59. The maximum atomic E-state index is 5.37. The van der Waals surface area contributed by atoms with Gasteiger partial charge < -0.3 is 50.5 Å². The van der Waals surface area contributed by atoms with Crippen molar-refractivity contribution >= 4 is 78.9 Å². The van der Waals surface area contributed by atoms with Crippen molar-refractivity contribution < 1.29 is 16.5 Å². The van der Waals surface area contributed by atoms with E-state index >= 15 is 0 Å². The van der Waals surface area contributed by atoms with Gasteiger partial charge in [-0.15, -0.1) is 0 Å². The molecule has 0 saturated heterocycles. The number of rotatable bonds is 11. The summed E-state index contributed by atoms with van der Waals surface area (Å²) in [5, 5.41) is 2.69. The van der Waals surface area contributed by atoms with Gasteiger partial charge in [0, 0.05) is 27.0 Å². The van der Waals surface area contributed by atoms with Gasteiger partial charge in [0.1, 0.15) is 0 Å². The van der Waals surface area contributed by atoms with Gasteiger partial charge in [-0.1, -0.05) is 72.6 Å². The van der Waals surface area contributed by atoms with Crippen molar-refractivity contribution in [3.8, 4) is 0 Å². The first kappa shape index (κ1) is 33.9. The molecule has 0 saturated carbocycles. The third-order valence-corrected chi connectivity index (χ3v) is 8.02. The van der Waals surface area contributed by atoms with Gasteiger partial charge >= 0.3 is 0 Å². The van der Waals surface area contributed by atoms with E-state index in [0.29, 0.717) is 10.5 Å². The standard InChI is InChI=1S/C16H24S2.C8H16S4.Ni/c1-3-5-7-13-9-10-14(8-6-4-2)15(11-13)16(18)12-17;1-5(2)11-7(9)8(10)12-6(3)4;/h9-12,17-18H,3-8H2,1-2H3;5-6,9-10H,1-4H3;/p-4/b16-12-;8-7-;. The van der Waals surface area contributed by atoms with Crippen LogP contribution < -0.4 is 0 Å². The Hall–Kier alpha value is 0.774. The molecule has 0 aromatic heterocycles. The van der Waals surface area contributed by atoms with Gasteiger partial charge in [0.25, 0.3) is 0 Å². The van der Waals surface area contributed by atoms with E-state index in [1.807, 2.05) is 0 Å². The molecular formula is C24H36NiS6-4. The quantitative estimate of drug-likeness (QED) is 0.191. The molecule has 0 aliphatic heterocycles. The van der Waals surface area contributed by atoms with Crippen LogP contribution in [-0.2, 0) is 79.8 Å². The van der Waals surface area contributed by atoms with Crippen LogP contribution in [0.25, 0.3) is 4.91 Å².